The fourth-order valence-corrected chi connectivity index (χ4v) is 3.42. The Morgan fingerprint density at radius 2 is 2.10 bits per heavy atom. The van der Waals surface area contributed by atoms with Crippen molar-refractivity contribution in [1.29, 1.82) is 0 Å². The summed E-state index contributed by atoms with van der Waals surface area (Å²) in [5, 5.41) is 4.33. The number of hydrogen-bond acceptors (Lipinski definition) is 3. The van der Waals surface area contributed by atoms with Gasteiger partial charge in [0.25, 0.3) is 0 Å². The molecule has 0 spiro atoms. The third-order valence-electron chi connectivity index (χ3n) is 3.78. The lowest BCUT2D eigenvalue weighted by Crippen LogP contribution is -2.25. The van der Waals surface area contributed by atoms with Gasteiger partial charge in [0.05, 0.1) is 5.60 Å². The van der Waals surface area contributed by atoms with Crippen molar-refractivity contribution in [2.45, 2.75) is 38.3 Å². The highest BCUT2D eigenvalue weighted by molar-refractivity contribution is 7.19. The van der Waals surface area contributed by atoms with Crippen molar-refractivity contribution >= 4 is 21.4 Å². The number of nitrogens with one attached hydrogen (secondary N) is 1. The van der Waals surface area contributed by atoms with E-state index in [-0.39, 0.29) is 17.5 Å². The van der Waals surface area contributed by atoms with E-state index in [9.17, 15) is 4.39 Å². The topological polar surface area (TPSA) is 21.3 Å². The molecule has 2 rings (SSSR count). The molecule has 1 unspecified atom stereocenters. The van der Waals surface area contributed by atoms with E-state index in [4.69, 9.17) is 4.74 Å². The Kier molecular flexibility index (Phi) is 4.78. The van der Waals surface area contributed by atoms with Gasteiger partial charge in [-0.15, -0.1) is 11.3 Å². The minimum atomic E-state index is -0.177. The van der Waals surface area contributed by atoms with E-state index in [1.54, 1.807) is 24.5 Å². The van der Waals surface area contributed by atoms with Crippen LogP contribution in [0.1, 0.15) is 37.6 Å². The zero-order chi connectivity index (χ0) is 14.8. The highest BCUT2D eigenvalue weighted by atomic mass is 32.1. The SMILES string of the molecule is CNC(CCC(C)(C)OC)c1cc2cc(F)ccc2s1. The van der Waals surface area contributed by atoms with Gasteiger partial charge in [-0.25, -0.2) is 4.39 Å². The van der Waals surface area contributed by atoms with Gasteiger partial charge in [-0.1, -0.05) is 0 Å². The molecule has 1 aromatic carbocycles. The monoisotopic (exact) mass is 295 g/mol. The smallest absolute Gasteiger partial charge is 0.123 e. The third-order valence-corrected chi connectivity index (χ3v) is 5.01. The van der Waals surface area contributed by atoms with Crippen LogP contribution in [0.4, 0.5) is 4.39 Å². The third kappa shape index (κ3) is 3.57. The second-order valence-corrected chi connectivity index (χ2v) is 6.79. The largest absolute Gasteiger partial charge is 0.379 e. The first-order valence-electron chi connectivity index (χ1n) is 6.86. The molecule has 110 valence electrons. The summed E-state index contributed by atoms with van der Waals surface area (Å²) in [6.07, 6.45) is 1.96. The van der Waals surface area contributed by atoms with Gasteiger partial charge in [-0.05, 0) is 63.4 Å². The van der Waals surface area contributed by atoms with E-state index in [0.717, 1.165) is 22.9 Å². The maximum atomic E-state index is 13.3. The summed E-state index contributed by atoms with van der Waals surface area (Å²) < 4.78 is 19.9. The highest BCUT2D eigenvalue weighted by Gasteiger charge is 2.20. The van der Waals surface area contributed by atoms with E-state index in [1.807, 2.05) is 13.1 Å². The Morgan fingerprint density at radius 1 is 1.35 bits per heavy atom. The van der Waals surface area contributed by atoms with Gasteiger partial charge in [-0.3, -0.25) is 0 Å². The minimum Gasteiger partial charge on any atom is -0.379 e. The lowest BCUT2D eigenvalue weighted by molar-refractivity contribution is 0.0119. The van der Waals surface area contributed by atoms with Crippen LogP contribution in [0, 0.1) is 5.82 Å². The molecule has 0 saturated heterocycles. The van der Waals surface area contributed by atoms with E-state index in [2.05, 4.69) is 25.2 Å². The average Bonchev–Trinajstić information content (AvgIpc) is 2.82. The molecule has 0 aliphatic carbocycles. The highest BCUT2D eigenvalue weighted by Crippen LogP contribution is 2.33. The average molecular weight is 295 g/mol. The van der Waals surface area contributed by atoms with Crippen LogP contribution < -0.4 is 5.32 Å². The minimum absolute atomic E-state index is 0.113. The number of hydrogen-bond donors (Lipinski definition) is 1. The van der Waals surface area contributed by atoms with Crippen molar-refractivity contribution in [2.75, 3.05) is 14.2 Å². The van der Waals surface area contributed by atoms with Crippen molar-refractivity contribution in [2.24, 2.45) is 0 Å². The fraction of sp³-hybridized carbons (Fsp3) is 0.500. The summed E-state index contributed by atoms with van der Waals surface area (Å²) in [6.45, 7) is 4.19. The molecule has 2 aromatic rings. The maximum absolute atomic E-state index is 13.3. The summed E-state index contributed by atoms with van der Waals surface area (Å²) in [5.74, 6) is -0.177. The van der Waals surface area contributed by atoms with Crippen molar-refractivity contribution in [3.05, 3.63) is 35.0 Å². The molecule has 1 heterocycles. The Balaban J connectivity index is 2.17. The molecule has 0 bridgehead atoms. The molecule has 1 aromatic heterocycles. The second-order valence-electron chi connectivity index (χ2n) is 5.67. The molecule has 0 fully saturated rings. The van der Waals surface area contributed by atoms with Gasteiger partial charge >= 0.3 is 0 Å². The first kappa shape index (κ1) is 15.4. The Labute approximate surface area is 124 Å². The van der Waals surface area contributed by atoms with Gasteiger partial charge in [0.15, 0.2) is 0 Å². The van der Waals surface area contributed by atoms with E-state index >= 15 is 0 Å². The molecule has 2 nitrogen and oxygen atoms in total. The number of thiophene rings is 1. The number of halogens is 1. The molecular weight excluding hydrogens is 273 g/mol. The Hall–Kier alpha value is -0.970. The van der Waals surface area contributed by atoms with E-state index in [1.165, 1.54) is 10.9 Å². The zero-order valence-corrected chi connectivity index (χ0v) is 13.3. The lowest BCUT2D eigenvalue weighted by atomic mass is 9.98. The molecule has 1 atom stereocenters. The molecular formula is C16H22FNOS. The number of rotatable bonds is 6. The van der Waals surface area contributed by atoms with Crippen LogP contribution in [0.2, 0.25) is 0 Å². The first-order valence-corrected chi connectivity index (χ1v) is 7.68. The van der Waals surface area contributed by atoms with Crippen LogP contribution in [0.15, 0.2) is 24.3 Å². The summed E-state index contributed by atoms with van der Waals surface area (Å²) in [5.41, 5.74) is -0.113. The number of benzene rings is 1. The molecule has 4 heteroatoms. The number of ether oxygens (including phenoxy) is 1. The van der Waals surface area contributed by atoms with E-state index in [0.29, 0.717) is 0 Å². The predicted molar refractivity (Wildman–Crippen MR) is 83.9 cm³/mol. The van der Waals surface area contributed by atoms with Crippen LogP contribution in [0.25, 0.3) is 10.1 Å². The molecule has 0 radical (unpaired) electrons. The standard InChI is InChI=1S/C16H22FNOS/c1-16(2,19-4)8-7-13(18-3)15-10-11-9-12(17)5-6-14(11)20-15/h5-6,9-10,13,18H,7-8H2,1-4H3. The predicted octanol–water partition coefficient (Wildman–Crippen LogP) is 4.51. The van der Waals surface area contributed by atoms with Crippen molar-refractivity contribution in [1.82, 2.24) is 5.32 Å². The number of methoxy groups -OCH3 is 1. The summed E-state index contributed by atoms with van der Waals surface area (Å²) in [7, 11) is 3.71. The fourth-order valence-electron chi connectivity index (χ4n) is 2.23. The summed E-state index contributed by atoms with van der Waals surface area (Å²) in [6, 6.07) is 7.34. The Morgan fingerprint density at radius 3 is 2.75 bits per heavy atom. The van der Waals surface area contributed by atoms with Crippen LogP contribution >= 0.6 is 11.3 Å². The molecule has 0 aliphatic heterocycles. The van der Waals surface area contributed by atoms with Crippen LogP contribution in [-0.2, 0) is 4.74 Å². The van der Waals surface area contributed by atoms with Gasteiger partial charge in [0.2, 0.25) is 0 Å². The molecule has 0 aliphatic rings. The van der Waals surface area contributed by atoms with Gasteiger partial charge in [0.1, 0.15) is 5.82 Å². The van der Waals surface area contributed by atoms with Crippen LogP contribution in [0.5, 0.6) is 0 Å². The first-order chi connectivity index (χ1) is 9.45. The van der Waals surface area contributed by atoms with E-state index < -0.39 is 0 Å². The lowest BCUT2D eigenvalue weighted by Gasteiger charge is -2.25. The normalized spacial score (nSPS) is 13.8. The Bertz CT molecular complexity index is 579. The molecule has 0 saturated carbocycles. The van der Waals surface area contributed by atoms with Crippen molar-refractivity contribution in [3.63, 3.8) is 0 Å². The van der Waals surface area contributed by atoms with Crippen molar-refractivity contribution < 1.29 is 9.13 Å². The van der Waals surface area contributed by atoms with Crippen molar-refractivity contribution in [3.8, 4) is 0 Å². The molecule has 0 amide bonds. The van der Waals surface area contributed by atoms with Gasteiger partial charge in [0, 0.05) is 22.7 Å². The summed E-state index contributed by atoms with van der Waals surface area (Å²) >= 11 is 1.73. The number of fused-ring (bicyclic) bond motifs is 1. The zero-order valence-electron chi connectivity index (χ0n) is 12.5. The van der Waals surface area contributed by atoms with Crippen LogP contribution in [0.3, 0.4) is 0 Å². The molecule has 1 N–H and O–H groups in total. The maximum Gasteiger partial charge on any atom is 0.123 e. The molecule has 20 heavy (non-hydrogen) atoms. The van der Waals surface area contributed by atoms with Gasteiger partial charge < -0.3 is 10.1 Å². The second kappa shape index (κ2) is 6.20. The van der Waals surface area contributed by atoms with Gasteiger partial charge in [-0.2, -0.15) is 0 Å². The van der Waals surface area contributed by atoms with Crippen LogP contribution in [-0.4, -0.2) is 19.8 Å². The summed E-state index contributed by atoms with van der Waals surface area (Å²) in [4.78, 5) is 1.25. The quantitative estimate of drug-likeness (QED) is 0.847.